The van der Waals surface area contributed by atoms with E-state index in [0.717, 1.165) is 20.2 Å². The van der Waals surface area contributed by atoms with E-state index in [0.29, 0.717) is 0 Å². The average Bonchev–Trinajstić information content (AvgIpc) is 2.74. The number of amidine groups is 1. The molecule has 2 rings (SSSR count). The second-order valence-corrected chi connectivity index (χ2v) is 5.66. The van der Waals surface area contributed by atoms with E-state index in [2.05, 4.69) is 5.10 Å². The molecule has 0 unspecified atom stereocenters. The number of aryl methyl sites for hydroxylation is 1. The number of nitrogens with zero attached hydrogens (tertiary/aromatic N) is 2. The number of nitrogen functional groups attached to an aromatic ring is 1. The van der Waals surface area contributed by atoms with Crippen LogP contribution in [-0.2, 0) is 7.05 Å². The van der Waals surface area contributed by atoms with Gasteiger partial charge in [0.05, 0.1) is 11.1 Å². The van der Waals surface area contributed by atoms with Crippen molar-refractivity contribution in [1.29, 1.82) is 5.41 Å². The third kappa shape index (κ3) is 2.70. The van der Waals surface area contributed by atoms with Crippen molar-refractivity contribution in [3.8, 4) is 0 Å². The van der Waals surface area contributed by atoms with Crippen LogP contribution in [0.1, 0.15) is 5.56 Å². The highest BCUT2D eigenvalue weighted by Crippen LogP contribution is 2.34. The van der Waals surface area contributed by atoms with Gasteiger partial charge in [0.15, 0.2) is 0 Å². The van der Waals surface area contributed by atoms with E-state index in [9.17, 15) is 0 Å². The van der Waals surface area contributed by atoms with Crippen LogP contribution in [0.5, 0.6) is 0 Å². The zero-order valence-corrected chi connectivity index (χ0v) is 11.8. The summed E-state index contributed by atoms with van der Waals surface area (Å²) in [5, 5.41) is 11.9. The van der Waals surface area contributed by atoms with Gasteiger partial charge < -0.3 is 5.73 Å². The van der Waals surface area contributed by atoms with Crippen LogP contribution in [0.3, 0.4) is 0 Å². The SMILES string of the molecule is CSc1cccc(Sc2cnn(C)c2)c1C(=N)N. The molecule has 0 aliphatic heterocycles. The minimum Gasteiger partial charge on any atom is -0.384 e. The molecule has 3 N–H and O–H groups in total. The minimum absolute atomic E-state index is 0.103. The Morgan fingerprint density at radius 2 is 2.11 bits per heavy atom. The molecule has 0 aliphatic carbocycles. The van der Waals surface area contributed by atoms with Crippen molar-refractivity contribution in [2.24, 2.45) is 12.8 Å². The lowest BCUT2D eigenvalue weighted by molar-refractivity contribution is 0.766. The molecule has 0 saturated heterocycles. The molecule has 0 atom stereocenters. The second-order valence-electron chi connectivity index (χ2n) is 3.70. The summed E-state index contributed by atoms with van der Waals surface area (Å²) in [6, 6.07) is 5.94. The van der Waals surface area contributed by atoms with Gasteiger partial charge in [-0.05, 0) is 18.4 Å². The molecule has 4 nitrogen and oxygen atoms in total. The summed E-state index contributed by atoms with van der Waals surface area (Å²) in [5.41, 5.74) is 6.49. The number of nitrogens with one attached hydrogen (secondary N) is 1. The molecule has 0 saturated carbocycles. The lowest BCUT2D eigenvalue weighted by Crippen LogP contribution is -2.13. The first-order valence-corrected chi connectivity index (χ1v) is 7.34. The number of hydrogen-bond donors (Lipinski definition) is 2. The van der Waals surface area contributed by atoms with Crippen LogP contribution in [0.4, 0.5) is 0 Å². The van der Waals surface area contributed by atoms with Crippen LogP contribution < -0.4 is 5.73 Å². The van der Waals surface area contributed by atoms with E-state index in [4.69, 9.17) is 11.1 Å². The van der Waals surface area contributed by atoms with E-state index in [-0.39, 0.29) is 5.84 Å². The molecule has 0 amide bonds. The Labute approximate surface area is 114 Å². The van der Waals surface area contributed by atoms with Crippen molar-refractivity contribution >= 4 is 29.4 Å². The van der Waals surface area contributed by atoms with Crippen LogP contribution in [0.15, 0.2) is 45.3 Å². The average molecular weight is 278 g/mol. The van der Waals surface area contributed by atoms with Crippen molar-refractivity contribution in [1.82, 2.24) is 9.78 Å². The first kappa shape index (κ1) is 13.0. The number of thioether (sulfide) groups is 1. The van der Waals surface area contributed by atoms with Gasteiger partial charge in [-0.2, -0.15) is 5.10 Å². The highest BCUT2D eigenvalue weighted by molar-refractivity contribution is 8.00. The summed E-state index contributed by atoms with van der Waals surface area (Å²) in [5.74, 6) is 0.103. The highest BCUT2D eigenvalue weighted by atomic mass is 32.2. The van der Waals surface area contributed by atoms with E-state index in [1.807, 2.05) is 37.7 Å². The number of hydrogen-bond acceptors (Lipinski definition) is 4. The number of benzene rings is 1. The van der Waals surface area contributed by atoms with Crippen molar-refractivity contribution in [3.05, 3.63) is 36.2 Å². The van der Waals surface area contributed by atoms with Crippen LogP contribution in [0.2, 0.25) is 0 Å². The third-order valence-electron chi connectivity index (χ3n) is 2.39. The van der Waals surface area contributed by atoms with Gasteiger partial charge in [-0.25, -0.2) is 0 Å². The van der Waals surface area contributed by atoms with Gasteiger partial charge in [-0.15, -0.1) is 11.8 Å². The Hall–Kier alpha value is -1.40. The summed E-state index contributed by atoms with van der Waals surface area (Å²) >= 11 is 3.17. The third-order valence-corrected chi connectivity index (χ3v) is 4.17. The Morgan fingerprint density at radius 3 is 2.67 bits per heavy atom. The zero-order chi connectivity index (χ0) is 13.1. The van der Waals surface area contributed by atoms with Gasteiger partial charge in [-0.1, -0.05) is 17.8 Å². The van der Waals surface area contributed by atoms with Crippen molar-refractivity contribution in [2.75, 3.05) is 6.26 Å². The topological polar surface area (TPSA) is 67.7 Å². The summed E-state index contributed by atoms with van der Waals surface area (Å²) in [7, 11) is 1.88. The zero-order valence-electron chi connectivity index (χ0n) is 10.2. The molecule has 0 spiro atoms. The van der Waals surface area contributed by atoms with Gasteiger partial charge in [0, 0.05) is 28.6 Å². The quantitative estimate of drug-likeness (QED) is 0.512. The standard InChI is InChI=1S/C12H14N4S2/c1-16-7-8(6-15-16)18-10-5-3-4-9(17-2)11(10)12(13)14/h3-7H,1-2H3,(H3,13,14). The summed E-state index contributed by atoms with van der Waals surface area (Å²) in [6.07, 6.45) is 5.74. The van der Waals surface area contributed by atoms with Gasteiger partial charge in [-0.3, -0.25) is 10.1 Å². The molecule has 1 heterocycles. The fourth-order valence-corrected chi connectivity index (χ4v) is 3.34. The predicted octanol–water partition coefficient (Wildman–Crippen LogP) is 2.58. The molecule has 18 heavy (non-hydrogen) atoms. The van der Waals surface area contributed by atoms with E-state index < -0.39 is 0 Å². The molecule has 2 aromatic rings. The van der Waals surface area contributed by atoms with Gasteiger partial charge >= 0.3 is 0 Å². The number of aromatic nitrogens is 2. The van der Waals surface area contributed by atoms with E-state index in [1.54, 1.807) is 34.4 Å². The Morgan fingerprint density at radius 1 is 1.39 bits per heavy atom. The molecular formula is C12H14N4S2. The summed E-state index contributed by atoms with van der Waals surface area (Å²) in [4.78, 5) is 3.05. The molecule has 1 aromatic carbocycles. The van der Waals surface area contributed by atoms with Gasteiger partial charge in [0.1, 0.15) is 5.84 Å². The fourth-order valence-electron chi connectivity index (χ4n) is 1.61. The Kier molecular flexibility index (Phi) is 3.98. The summed E-state index contributed by atoms with van der Waals surface area (Å²) < 4.78 is 1.76. The first-order chi connectivity index (χ1) is 8.61. The lowest BCUT2D eigenvalue weighted by atomic mass is 10.2. The highest BCUT2D eigenvalue weighted by Gasteiger charge is 2.12. The predicted molar refractivity (Wildman–Crippen MR) is 76.6 cm³/mol. The van der Waals surface area contributed by atoms with Crippen molar-refractivity contribution in [3.63, 3.8) is 0 Å². The maximum absolute atomic E-state index is 7.72. The van der Waals surface area contributed by atoms with Crippen molar-refractivity contribution < 1.29 is 0 Å². The van der Waals surface area contributed by atoms with Gasteiger partial charge in [0.2, 0.25) is 0 Å². The lowest BCUT2D eigenvalue weighted by Gasteiger charge is -2.10. The maximum Gasteiger partial charge on any atom is 0.125 e. The number of rotatable bonds is 4. The first-order valence-electron chi connectivity index (χ1n) is 5.29. The number of nitrogens with two attached hydrogens (primary N) is 1. The molecule has 0 aliphatic rings. The maximum atomic E-state index is 7.72. The Bertz CT molecular complexity index is 577. The molecule has 6 heteroatoms. The second kappa shape index (κ2) is 5.49. The normalized spacial score (nSPS) is 10.6. The van der Waals surface area contributed by atoms with Gasteiger partial charge in [0.25, 0.3) is 0 Å². The fraction of sp³-hybridized carbons (Fsp3) is 0.167. The summed E-state index contributed by atoms with van der Waals surface area (Å²) in [6.45, 7) is 0. The smallest absolute Gasteiger partial charge is 0.125 e. The van der Waals surface area contributed by atoms with Crippen LogP contribution in [0.25, 0.3) is 0 Å². The van der Waals surface area contributed by atoms with Crippen molar-refractivity contribution in [2.45, 2.75) is 14.7 Å². The largest absolute Gasteiger partial charge is 0.384 e. The molecular weight excluding hydrogens is 264 g/mol. The van der Waals surface area contributed by atoms with Crippen LogP contribution in [0, 0.1) is 5.41 Å². The molecule has 1 aromatic heterocycles. The molecule has 0 radical (unpaired) electrons. The van der Waals surface area contributed by atoms with Crippen LogP contribution >= 0.6 is 23.5 Å². The van der Waals surface area contributed by atoms with Crippen LogP contribution in [-0.4, -0.2) is 21.9 Å². The molecule has 94 valence electrons. The molecule has 0 fully saturated rings. The van der Waals surface area contributed by atoms with E-state index >= 15 is 0 Å². The monoisotopic (exact) mass is 278 g/mol. The minimum atomic E-state index is 0.103. The molecule has 0 bridgehead atoms. The van der Waals surface area contributed by atoms with E-state index in [1.165, 1.54) is 0 Å². The Balaban J connectivity index is 2.41.